The summed E-state index contributed by atoms with van der Waals surface area (Å²) in [5.41, 5.74) is 1.36. The summed E-state index contributed by atoms with van der Waals surface area (Å²) in [7, 11) is 0. The minimum atomic E-state index is 0.160. The average Bonchev–Trinajstić information content (AvgIpc) is 2.49. The van der Waals surface area contributed by atoms with Gasteiger partial charge in [-0.15, -0.1) is 0 Å². The van der Waals surface area contributed by atoms with E-state index in [2.05, 4.69) is 37.1 Å². The quantitative estimate of drug-likeness (QED) is 0.579. The maximum absolute atomic E-state index is 5.26. The first-order valence-electron chi connectivity index (χ1n) is 4.34. The third-order valence-electron chi connectivity index (χ3n) is 2.30. The van der Waals surface area contributed by atoms with E-state index in [1.54, 1.807) is 6.40 Å². The summed E-state index contributed by atoms with van der Waals surface area (Å²) >= 11 is 0. The van der Waals surface area contributed by atoms with Crippen LogP contribution in [0.3, 0.4) is 0 Å². The van der Waals surface area contributed by atoms with Crippen molar-refractivity contribution in [2.24, 2.45) is 10.9 Å². The van der Waals surface area contributed by atoms with E-state index in [0.717, 1.165) is 0 Å². The second-order valence-electron chi connectivity index (χ2n) is 3.53. The Morgan fingerprint density at radius 2 is 2.33 bits per heavy atom. The van der Waals surface area contributed by atoms with Crippen molar-refractivity contribution in [1.82, 2.24) is 0 Å². The number of fused-ring (bicyclic) bond motifs is 1. The van der Waals surface area contributed by atoms with E-state index in [1.807, 2.05) is 0 Å². The van der Waals surface area contributed by atoms with Crippen molar-refractivity contribution >= 4 is 6.40 Å². The minimum absolute atomic E-state index is 0.160. The molecule has 0 amide bonds. The average molecular weight is 163 g/mol. The molecule has 0 saturated carbocycles. The SMILES string of the molecule is CC(C)C1=CC2N=COC2C=C1. The first-order chi connectivity index (χ1) is 5.77. The summed E-state index contributed by atoms with van der Waals surface area (Å²) in [4.78, 5) is 4.22. The topological polar surface area (TPSA) is 21.6 Å². The third-order valence-corrected chi connectivity index (χ3v) is 2.30. The predicted molar refractivity (Wildman–Crippen MR) is 49.2 cm³/mol. The number of ether oxygens (including phenoxy) is 1. The molecule has 2 unspecified atom stereocenters. The van der Waals surface area contributed by atoms with Crippen LogP contribution in [0.25, 0.3) is 0 Å². The van der Waals surface area contributed by atoms with Crippen LogP contribution in [0.5, 0.6) is 0 Å². The van der Waals surface area contributed by atoms with Crippen molar-refractivity contribution in [3.05, 3.63) is 23.8 Å². The summed E-state index contributed by atoms with van der Waals surface area (Å²) in [5, 5.41) is 0. The van der Waals surface area contributed by atoms with E-state index < -0.39 is 0 Å². The molecule has 0 aromatic heterocycles. The Bertz CT molecular complexity index is 263. The van der Waals surface area contributed by atoms with Crippen LogP contribution in [-0.4, -0.2) is 18.5 Å². The van der Waals surface area contributed by atoms with Crippen LogP contribution in [0.15, 0.2) is 28.8 Å². The highest BCUT2D eigenvalue weighted by atomic mass is 16.5. The molecule has 0 saturated heterocycles. The van der Waals surface area contributed by atoms with Gasteiger partial charge in [-0.25, -0.2) is 4.99 Å². The largest absolute Gasteiger partial charge is 0.474 e. The van der Waals surface area contributed by atoms with Crippen molar-refractivity contribution in [2.75, 3.05) is 0 Å². The van der Waals surface area contributed by atoms with Gasteiger partial charge in [0.25, 0.3) is 0 Å². The van der Waals surface area contributed by atoms with Crippen molar-refractivity contribution in [3.63, 3.8) is 0 Å². The molecule has 0 radical (unpaired) electrons. The molecule has 0 N–H and O–H groups in total. The Balaban J connectivity index is 2.20. The predicted octanol–water partition coefficient (Wildman–Crippen LogP) is 1.93. The van der Waals surface area contributed by atoms with Crippen LogP contribution >= 0.6 is 0 Å². The zero-order valence-corrected chi connectivity index (χ0v) is 7.40. The molecular formula is C10H13NO. The lowest BCUT2D eigenvalue weighted by Gasteiger charge is -2.18. The van der Waals surface area contributed by atoms with Crippen LogP contribution in [0.1, 0.15) is 13.8 Å². The Kier molecular flexibility index (Phi) is 1.75. The van der Waals surface area contributed by atoms with Crippen LogP contribution in [0, 0.1) is 5.92 Å². The second kappa shape index (κ2) is 2.77. The van der Waals surface area contributed by atoms with Crippen molar-refractivity contribution in [2.45, 2.75) is 26.0 Å². The van der Waals surface area contributed by atoms with E-state index in [4.69, 9.17) is 4.74 Å². The standard InChI is InChI=1S/C10H13NO/c1-7(2)8-3-4-10-9(5-8)11-6-12-10/h3-7,9-10H,1-2H3. The maximum atomic E-state index is 5.26. The normalized spacial score (nSPS) is 31.8. The molecule has 0 aromatic rings. The van der Waals surface area contributed by atoms with E-state index in [-0.39, 0.29) is 12.1 Å². The fourth-order valence-corrected chi connectivity index (χ4v) is 1.48. The minimum Gasteiger partial charge on any atom is -0.474 e. The molecule has 12 heavy (non-hydrogen) atoms. The highest BCUT2D eigenvalue weighted by molar-refractivity contribution is 5.53. The van der Waals surface area contributed by atoms with Crippen LogP contribution in [-0.2, 0) is 4.74 Å². The van der Waals surface area contributed by atoms with Gasteiger partial charge in [0.1, 0.15) is 12.1 Å². The second-order valence-corrected chi connectivity index (χ2v) is 3.53. The number of hydrogen-bond donors (Lipinski definition) is 0. The van der Waals surface area contributed by atoms with Crippen LogP contribution in [0.4, 0.5) is 0 Å². The zero-order valence-electron chi connectivity index (χ0n) is 7.40. The molecule has 0 aromatic carbocycles. The Labute approximate surface area is 72.6 Å². The molecule has 0 bridgehead atoms. The van der Waals surface area contributed by atoms with Gasteiger partial charge in [-0.05, 0) is 17.6 Å². The van der Waals surface area contributed by atoms with Gasteiger partial charge in [-0.2, -0.15) is 0 Å². The molecule has 1 heterocycles. The maximum Gasteiger partial charge on any atom is 0.171 e. The Hall–Kier alpha value is -1.05. The first-order valence-corrected chi connectivity index (χ1v) is 4.34. The van der Waals surface area contributed by atoms with E-state index in [9.17, 15) is 0 Å². The smallest absolute Gasteiger partial charge is 0.171 e. The molecule has 0 fully saturated rings. The van der Waals surface area contributed by atoms with E-state index in [0.29, 0.717) is 5.92 Å². The highest BCUT2D eigenvalue weighted by Crippen LogP contribution is 2.23. The van der Waals surface area contributed by atoms with Gasteiger partial charge >= 0.3 is 0 Å². The number of rotatable bonds is 1. The molecular weight excluding hydrogens is 150 g/mol. The van der Waals surface area contributed by atoms with E-state index >= 15 is 0 Å². The molecule has 2 aliphatic rings. The molecule has 0 spiro atoms. The van der Waals surface area contributed by atoms with Gasteiger partial charge in [-0.3, -0.25) is 0 Å². The van der Waals surface area contributed by atoms with Gasteiger partial charge < -0.3 is 4.74 Å². The molecule has 1 aliphatic heterocycles. The van der Waals surface area contributed by atoms with Crippen molar-refractivity contribution < 1.29 is 4.74 Å². The number of nitrogens with zero attached hydrogens (tertiary/aromatic N) is 1. The lowest BCUT2D eigenvalue weighted by Crippen LogP contribution is -2.21. The number of allylic oxidation sites excluding steroid dienone is 2. The molecule has 1 aliphatic carbocycles. The van der Waals surface area contributed by atoms with E-state index in [1.165, 1.54) is 5.57 Å². The van der Waals surface area contributed by atoms with Crippen molar-refractivity contribution in [1.29, 1.82) is 0 Å². The molecule has 2 atom stereocenters. The van der Waals surface area contributed by atoms with Crippen molar-refractivity contribution in [3.8, 4) is 0 Å². The highest BCUT2D eigenvalue weighted by Gasteiger charge is 2.24. The zero-order chi connectivity index (χ0) is 8.55. The van der Waals surface area contributed by atoms with Gasteiger partial charge in [0.05, 0.1) is 0 Å². The van der Waals surface area contributed by atoms with Gasteiger partial charge in [0.15, 0.2) is 6.40 Å². The lowest BCUT2D eigenvalue weighted by atomic mass is 9.94. The fourth-order valence-electron chi connectivity index (χ4n) is 1.48. The summed E-state index contributed by atoms with van der Waals surface area (Å²) in [6.07, 6.45) is 8.14. The number of aliphatic imine (C=N–C) groups is 1. The summed E-state index contributed by atoms with van der Waals surface area (Å²) in [5.74, 6) is 0.581. The third kappa shape index (κ3) is 1.17. The van der Waals surface area contributed by atoms with Gasteiger partial charge in [0.2, 0.25) is 0 Å². The Morgan fingerprint density at radius 1 is 1.50 bits per heavy atom. The molecule has 2 nitrogen and oxygen atoms in total. The summed E-state index contributed by atoms with van der Waals surface area (Å²) in [6, 6.07) is 0.229. The first kappa shape index (κ1) is 7.59. The van der Waals surface area contributed by atoms with Crippen LogP contribution in [0.2, 0.25) is 0 Å². The fraction of sp³-hybridized carbons (Fsp3) is 0.500. The monoisotopic (exact) mass is 163 g/mol. The number of hydrogen-bond acceptors (Lipinski definition) is 2. The van der Waals surface area contributed by atoms with Gasteiger partial charge in [-0.1, -0.05) is 26.0 Å². The molecule has 2 heteroatoms. The van der Waals surface area contributed by atoms with Crippen LogP contribution < -0.4 is 0 Å². The molecule has 64 valence electrons. The Morgan fingerprint density at radius 3 is 3.08 bits per heavy atom. The summed E-state index contributed by atoms with van der Waals surface area (Å²) < 4.78 is 5.26. The lowest BCUT2D eigenvalue weighted by molar-refractivity contribution is 0.263. The molecule has 2 rings (SSSR count). The summed E-state index contributed by atoms with van der Waals surface area (Å²) in [6.45, 7) is 4.38. The van der Waals surface area contributed by atoms with Gasteiger partial charge in [0, 0.05) is 0 Å².